The topological polar surface area (TPSA) is 46.3 Å². The van der Waals surface area contributed by atoms with Crippen molar-refractivity contribution in [3.63, 3.8) is 0 Å². The molecule has 0 spiro atoms. The molecule has 2 atom stereocenters. The summed E-state index contributed by atoms with van der Waals surface area (Å²) in [4.78, 5) is 14.3. The predicted molar refractivity (Wildman–Crippen MR) is 74.0 cm³/mol. The maximum absolute atomic E-state index is 12.4. The summed E-state index contributed by atoms with van der Waals surface area (Å²) in [6.45, 7) is 2.27. The first-order chi connectivity index (χ1) is 8.61. The molecule has 2 unspecified atom stereocenters. The lowest BCUT2D eigenvalue weighted by Crippen LogP contribution is -2.42. The Balaban J connectivity index is 1.86. The molecule has 1 fully saturated rings. The fourth-order valence-electron chi connectivity index (χ4n) is 3.29. The van der Waals surface area contributed by atoms with Crippen molar-refractivity contribution in [2.45, 2.75) is 57.5 Å². The molecule has 0 aliphatic heterocycles. The van der Waals surface area contributed by atoms with E-state index in [0.717, 1.165) is 12.3 Å². The molecule has 0 aromatic rings. The quantitative estimate of drug-likeness (QED) is 0.781. The molecule has 0 aromatic carbocycles. The number of rotatable bonds is 3. The summed E-state index contributed by atoms with van der Waals surface area (Å²) in [5, 5.41) is 0. The van der Waals surface area contributed by atoms with Gasteiger partial charge in [-0.05, 0) is 38.0 Å². The van der Waals surface area contributed by atoms with E-state index < -0.39 is 0 Å². The first-order valence-corrected chi connectivity index (χ1v) is 7.32. The molecular formula is C15H26N2O. The van der Waals surface area contributed by atoms with E-state index in [0.29, 0.717) is 6.04 Å². The van der Waals surface area contributed by atoms with Crippen molar-refractivity contribution in [3.05, 3.63) is 12.2 Å². The first kappa shape index (κ1) is 13.6. The van der Waals surface area contributed by atoms with Crippen LogP contribution >= 0.6 is 0 Å². The van der Waals surface area contributed by atoms with Gasteiger partial charge in [-0.1, -0.05) is 25.5 Å². The normalized spacial score (nSPS) is 35.7. The summed E-state index contributed by atoms with van der Waals surface area (Å²) in [6.07, 6.45) is 10.9. The Bertz CT molecular complexity index is 318. The van der Waals surface area contributed by atoms with Gasteiger partial charge in [0.25, 0.3) is 0 Å². The van der Waals surface area contributed by atoms with Gasteiger partial charge in [0.15, 0.2) is 0 Å². The third-order valence-electron chi connectivity index (χ3n) is 4.72. The highest BCUT2D eigenvalue weighted by Gasteiger charge is 2.30. The monoisotopic (exact) mass is 250 g/mol. The Morgan fingerprint density at radius 2 is 1.94 bits per heavy atom. The number of amides is 1. The molecule has 2 aliphatic rings. The highest BCUT2D eigenvalue weighted by molar-refractivity contribution is 5.81. The van der Waals surface area contributed by atoms with Gasteiger partial charge in [0.1, 0.15) is 0 Å². The van der Waals surface area contributed by atoms with Crippen molar-refractivity contribution in [1.82, 2.24) is 4.90 Å². The average molecular weight is 250 g/mol. The average Bonchev–Trinajstić information content (AvgIpc) is 2.84. The highest BCUT2D eigenvalue weighted by Crippen LogP contribution is 2.30. The Hall–Kier alpha value is -0.830. The van der Waals surface area contributed by atoms with Crippen LogP contribution in [0.2, 0.25) is 0 Å². The summed E-state index contributed by atoms with van der Waals surface area (Å²) in [5.74, 6) is 1.16. The van der Waals surface area contributed by atoms with Crippen LogP contribution < -0.4 is 5.73 Å². The summed E-state index contributed by atoms with van der Waals surface area (Å²) in [7, 11) is 1.97. The van der Waals surface area contributed by atoms with Crippen LogP contribution in [0.5, 0.6) is 0 Å². The van der Waals surface area contributed by atoms with E-state index in [1.807, 2.05) is 24.1 Å². The fraction of sp³-hybridized carbons (Fsp3) is 0.800. The minimum Gasteiger partial charge on any atom is -0.342 e. The highest BCUT2D eigenvalue weighted by atomic mass is 16.2. The van der Waals surface area contributed by atoms with E-state index in [1.165, 1.54) is 32.1 Å². The third kappa shape index (κ3) is 2.94. The maximum Gasteiger partial charge on any atom is 0.229 e. The molecule has 0 bridgehead atoms. The van der Waals surface area contributed by atoms with Crippen LogP contribution in [0.25, 0.3) is 0 Å². The van der Waals surface area contributed by atoms with E-state index >= 15 is 0 Å². The molecule has 0 aromatic heterocycles. The Morgan fingerprint density at radius 3 is 2.44 bits per heavy atom. The molecule has 2 N–H and O–H groups in total. The Morgan fingerprint density at radius 1 is 1.28 bits per heavy atom. The Labute approximate surface area is 110 Å². The maximum atomic E-state index is 12.4. The van der Waals surface area contributed by atoms with Gasteiger partial charge in [-0.25, -0.2) is 0 Å². The van der Waals surface area contributed by atoms with Crippen LogP contribution in [0.4, 0.5) is 0 Å². The second-order valence-electron chi connectivity index (χ2n) is 5.92. The van der Waals surface area contributed by atoms with Gasteiger partial charge in [-0.15, -0.1) is 0 Å². The molecule has 0 saturated heterocycles. The minimum atomic E-state index is 0.0221. The molecule has 0 radical (unpaired) electrons. The van der Waals surface area contributed by atoms with Crippen molar-refractivity contribution >= 4 is 5.91 Å². The summed E-state index contributed by atoms with van der Waals surface area (Å²) < 4.78 is 0. The zero-order valence-electron chi connectivity index (χ0n) is 11.6. The molecule has 18 heavy (non-hydrogen) atoms. The summed E-state index contributed by atoms with van der Waals surface area (Å²) >= 11 is 0. The molecule has 3 nitrogen and oxygen atoms in total. The van der Waals surface area contributed by atoms with Crippen LogP contribution in [0.15, 0.2) is 12.2 Å². The van der Waals surface area contributed by atoms with Gasteiger partial charge in [0.2, 0.25) is 5.91 Å². The molecule has 3 heteroatoms. The zero-order valence-corrected chi connectivity index (χ0v) is 11.6. The first-order valence-electron chi connectivity index (χ1n) is 7.32. The summed E-state index contributed by atoms with van der Waals surface area (Å²) in [6, 6.07) is 0.522. The number of nitrogens with two attached hydrogens (primary N) is 1. The number of nitrogens with zero attached hydrogens (tertiary/aromatic N) is 1. The second kappa shape index (κ2) is 5.87. The molecule has 2 aliphatic carbocycles. The van der Waals surface area contributed by atoms with Crippen LogP contribution in [0.1, 0.15) is 45.4 Å². The van der Waals surface area contributed by atoms with Crippen molar-refractivity contribution in [1.29, 1.82) is 0 Å². The molecular weight excluding hydrogens is 224 g/mol. The lowest BCUT2D eigenvalue weighted by atomic mass is 9.84. The van der Waals surface area contributed by atoms with Gasteiger partial charge in [0.05, 0.1) is 5.92 Å². The van der Waals surface area contributed by atoms with Gasteiger partial charge >= 0.3 is 0 Å². The second-order valence-corrected chi connectivity index (χ2v) is 5.92. The Kier molecular flexibility index (Phi) is 4.44. The predicted octanol–water partition coefficient (Wildman–Crippen LogP) is 2.32. The van der Waals surface area contributed by atoms with Crippen molar-refractivity contribution in [3.8, 4) is 0 Å². The standard InChI is InChI=1S/C15H26N2O/c1-3-11-4-8-14(9-5-11)17(2)15(18)12-6-7-13(16)10-12/h6-7,11-14H,3-5,8-10,16H2,1-2H3. The molecule has 0 heterocycles. The smallest absolute Gasteiger partial charge is 0.229 e. The van der Waals surface area contributed by atoms with Gasteiger partial charge in [-0.3, -0.25) is 4.79 Å². The number of carbonyl (C=O) groups is 1. The molecule has 2 rings (SSSR count). The van der Waals surface area contributed by atoms with E-state index in [2.05, 4.69) is 6.92 Å². The fourth-order valence-corrected chi connectivity index (χ4v) is 3.29. The SMILES string of the molecule is CCC1CCC(N(C)C(=O)C2C=CC(N)C2)CC1. The zero-order chi connectivity index (χ0) is 13.1. The molecule has 102 valence electrons. The molecule has 1 saturated carbocycles. The minimum absolute atomic E-state index is 0.0221. The molecule has 1 amide bonds. The lowest BCUT2D eigenvalue weighted by Gasteiger charge is -2.35. The van der Waals surface area contributed by atoms with E-state index in [-0.39, 0.29) is 17.9 Å². The van der Waals surface area contributed by atoms with E-state index in [4.69, 9.17) is 5.73 Å². The van der Waals surface area contributed by atoms with E-state index in [1.54, 1.807) is 0 Å². The van der Waals surface area contributed by atoms with Crippen molar-refractivity contribution in [2.24, 2.45) is 17.6 Å². The van der Waals surface area contributed by atoms with Crippen LogP contribution in [-0.4, -0.2) is 29.9 Å². The van der Waals surface area contributed by atoms with Gasteiger partial charge < -0.3 is 10.6 Å². The number of hydrogen-bond acceptors (Lipinski definition) is 2. The van der Waals surface area contributed by atoms with E-state index in [9.17, 15) is 4.79 Å². The van der Waals surface area contributed by atoms with Crippen molar-refractivity contribution < 1.29 is 4.79 Å². The lowest BCUT2D eigenvalue weighted by molar-refractivity contribution is -0.135. The van der Waals surface area contributed by atoms with Gasteiger partial charge in [0, 0.05) is 19.1 Å². The van der Waals surface area contributed by atoms with Crippen LogP contribution in [-0.2, 0) is 4.79 Å². The number of carbonyl (C=O) groups excluding carboxylic acids is 1. The summed E-state index contributed by atoms with van der Waals surface area (Å²) in [5.41, 5.74) is 5.82. The third-order valence-corrected chi connectivity index (χ3v) is 4.72. The largest absolute Gasteiger partial charge is 0.342 e. The van der Waals surface area contributed by atoms with Crippen molar-refractivity contribution in [2.75, 3.05) is 7.05 Å². The van der Waals surface area contributed by atoms with Crippen LogP contribution in [0, 0.1) is 11.8 Å². The number of hydrogen-bond donors (Lipinski definition) is 1. The van der Waals surface area contributed by atoms with Gasteiger partial charge in [-0.2, -0.15) is 0 Å². The van der Waals surface area contributed by atoms with Crippen LogP contribution in [0.3, 0.4) is 0 Å².